The zero-order valence-electron chi connectivity index (χ0n) is 11.7. The normalized spacial score (nSPS) is 16.7. The van der Waals surface area contributed by atoms with Crippen LogP contribution in [0.5, 0.6) is 0 Å². The SMILES string of the molecule is COCCC1(C(=O)NCCCCCC(=O)O)CCC1. The average molecular weight is 271 g/mol. The number of carbonyl (C=O) groups is 2. The van der Waals surface area contributed by atoms with Crippen LogP contribution in [0.1, 0.15) is 51.4 Å². The summed E-state index contributed by atoms with van der Waals surface area (Å²) in [7, 11) is 1.66. The van der Waals surface area contributed by atoms with Crippen LogP contribution in [0.4, 0.5) is 0 Å². The molecule has 0 radical (unpaired) electrons. The van der Waals surface area contributed by atoms with Crippen LogP contribution in [0, 0.1) is 5.41 Å². The van der Waals surface area contributed by atoms with Crippen molar-refractivity contribution in [3.8, 4) is 0 Å². The molecular weight excluding hydrogens is 246 g/mol. The first-order valence-electron chi connectivity index (χ1n) is 7.10. The van der Waals surface area contributed by atoms with E-state index < -0.39 is 5.97 Å². The molecule has 0 aromatic heterocycles. The molecule has 110 valence electrons. The minimum absolute atomic E-state index is 0.147. The fraction of sp³-hybridized carbons (Fsp3) is 0.857. The van der Waals surface area contributed by atoms with E-state index in [0.717, 1.165) is 38.5 Å². The lowest BCUT2D eigenvalue weighted by Gasteiger charge is -2.40. The van der Waals surface area contributed by atoms with Crippen LogP contribution in [0.2, 0.25) is 0 Å². The number of nitrogens with one attached hydrogen (secondary N) is 1. The Morgan fingerprint density at radius 3 is 2.53 bits per heavy atom. The molecule has 1 saturated carbocycles. The molecule has 5 heteroatoms. The second-order valence-corrected chi connectivity index (χ2v) is 5.34. The number of rotatable bonds is 10. The first-order chi connectivity index (χ1) is 9.10. The minimum atomic E-state index is -0.753. The zero-order chi connectivity index (χ0) is 14.1. The van der Waals surface area contributed by atoms with Gasteiger partial charge in [-0.15, -0.1) is 0 Å². The molecule has 2 N–H and O–H groups in total. The van der Waals surface area contributed by atoms with Gasteiger partial charge >= 0.3 is 5.97 Å². The monoisotopic (exact) mass is 271 g/mol. The van der Waals surface area contributed by atoms with Crippen molar-refractivity contribution < 1.29 is 19.4 Å². The standard InChI is InChI=1S/C14H25NO4/c1-19-11-9-14(7-5-8-14)13(18)15-10-4-2-3-6-12(16)17/h2-11H2,1H3,(H,15,18)(H,16,17). The van der Waals surface area contributed by atoms with Gasteiger partial charge in [0, 0.05) is 26.7 Å². The van der Waals surface area contributed by atoms with Crippen molar-refractivity contribution in [2.45, 2.75) is 51.4 Å². The molecule has 1 aliphatic rings. The maximum Gasteiger partial charge on any atom is 0.303 e. The van der Waals surface area contributed by atoms with Crippen molar-refractivity contribution in [3.05, 3.63) is 0 Å². The third-order valence-electron chi connectivity index (χ3n) is 3.93. The Labute approximate surface area is 114 Å². The van der Waals surface area contributed by atoms with Crippen molar-refractivity contribution in [1.29, 1.82) is 0 Å². The largest absolute Gasteiger partial charge is 0.481 e. The van der Waals surface area contributed by atoms with Gasteiger partial charge < -0.3 is 15.2 Å². The van der Waals surface area contributed by atoms with Crippen LogP contribution >= 0.6 is 0 Å². The van der Waals surface area contributed by atoms with Crippen molar-refractivity contribution >= 4 is 11.9 Å². The molecule has 0 atom stereocenters. The maximum absolute atomic E-state index is 12.1. The van der Waals surface area contributed by atoms with Gasteiger partial charge in [-0.25, -0.2) is 0 Å². The highest BCUT2D eigenvalue weighted by Crippen LogP contribution is 2.44. The second kappa shape index (κ2) is 8.15. The van der Waals surface area contributed by atoms with Crippen LogP contribution in [0.15, 0.2) is 0 Å². The van der Waals surface area contributed by atoms with Gasteiger partial charge in [0.15, 0.2) is 0 Å². The van der Waals surface area contributed by atoms with Crippen LogP contribution < -0.4 is 5.32 Å². The third kappa shape index (κ3) is 5.19. The van der Waals surface area contributed by atoms with E-state index in [4.69, 9.17) is 9.84 Å². The summed E-state index contributed by atoms with van der Waals surface area (Å²) in [6.45, 7) is 1.28. The van der Waals surface area contributed by atoms with E-state index in [1.165, 1.54) is 0 Å². The predicted octanol–water partition coefficient (Wildman–Crippen LogP) is 1.95. The number of methoxy groups -OCH3 is 1. The van der Waals surface area contributed by atoms with E-state index in [-0.39, 0.29) is 17.7 Å². The van der Waals surface area contributed by atoms with E-state index >= 15 is 0 Å². The summed E-state index contributed by atoms with van der Waals surface area (Å²) in [6.07, 6.45) is 6.43. The van der Waals surface area contributed by atoms with Gasteiger partial charge in [-0.3, -0.25) is 9.59 Å². The first-order valence-corrected chi connectivity index (χ1v) is 7.10. The van der Waals surface area contributed by atoms with Crippen molar-refractivity contribution in [3.63, 3.8) is 0 Å². The zero-order valence-corrected chi connectivity index (χ0v) is 11.7. The summed E-state index contributed by atoms with van der Waals surface area (Å²) in [5.74, 6) is -0.606. The van der Waals surface area contributed by atoms with Crippen LogP contribution in [0.3, 0.4) is 0 Å². The number of ether oxygens (including phenoxy) is 1. The molecule has 5 nitrogen and oxygen atoms in total. The Kier molecular flexibility index (Phi) is 6.84. The van der Waals surface area contributed by atoms with Crippen molar-refractivity contribution in [2.24, 2.45) is 5.41 Å². The molecule has 0 aliphatic heterocycles. The number of carboxylic acids is 1. The Morgan fingerprint density at radius 2 is 2.00 bits per heavy atom. The number of carbonyl (C=O) groups excluding carboxylic acids is 1. The third-order valence-corrected chi connectivity index (χ3v) is 3.93. The Morgan fingerprint density at radius 1 is 1.26 bits per heavy atom. The topological polar surface area (TPSA) is 75.6 Å². The van der Waals surface area contributed by atoms with Crippen molar-refractivity contribution in [2.75, 3.05) is 20.3 Å². The Bertz CT molecular complexity index is 300. The lowest BCUT2D eigenvalue weighted by atomic mass is 9.66. The Balaban J connectivity index is 2.14. The molecular formula is C14H25NO4. The lowest BCUT2D eigenvalue weighted by molar-refractivity contribution is -0.138. The fourth-order valence-electron chi connectivity index (χ4n) is 2.46. The highest BCUT2D eigenvalue weighted by atomic mass is 16.5. The Hall–Kier alpha value is -1.10. The smallest absolute Gasteiger partial charge is 0.303 e. The molecule has 0 unspecified atom stereocenters. The number of amides is 1. The predicted molar refractivity (Wildman–Crippen MR) is 71.9 cm³/mol. The van der Waals surface area contributed by atoms with E-state index in [2.05, 4.69) is 5.32 Å². The first kappa shape index (κ1) is 16.0. The quantitative estimate of drug-likeness (QED) is 0.595. The maximum atomic E-state index is 12.1. The average Bonchev–Trinajstić information content (AvgIpc) is 2.32. The summed E-state index contributed by atoms with van der Waals surface area (Å²) < 4.78 is 5.07. The number of aliphatic carboxylic acids is 1. The molecule has 0 spiro atoms. The molecule has 19 heavy (non-hydrogen) atoms. The lowest BCUT2D eigenvalue weighted by Crippen LogP contribution is -2.46. The highest BCUT2D eigenvalue weighted by molar-refractivity contribution is 5.83. The van der Waals surface area contributed by atoms with Gasteiger partial charge in [0.25, 0.3) is 0 Å². The van der Waals surface area contributed by atoms with Gasteiger partial charge in [0.2, 0.25) is 5.91 Å². The highest BCUT2D eigenvalue weighted by Gasteiger charge is 2.43. The van der Waals surface area contributed by atoms with Crippen LogP contribution in [-0.2, 0) is 14.3 Å². The van der Waals surface area contributed by atoms with Gasteiger partial charge in [0.1, 0.15) is 0 Å². The van der Waals surface area contributed by atoms with Gasteiger partial charge in [-0.2, -0.15) is 0 Å². The van der Waals surface area contributed by atoms with E-state index in [0.29, 0.717) is 19.6 Å². The molecule has 0 aromatic rings. The minimum Gasteiger partial charge on any atom is -0.481 e. The van der Waals surface area contributed by atoms with E-state index in [9.17, 15) is 9.59 Å². The van der Waals surface area contributed by atoms with Crippen LogP contribution in [0.25, 0.3) is 0 Å². The number of hydrogen-bond donors (Lipinski definition) is 2. The summed E-state index contributed by atoms with van der Waals surface area (Å²) >= 11 is 0. The molecule has 0 bridgehead atoms. The molecule has 1 fully saturated rings. The van der Waals surface area contributed by atoms with Gasteiger partial charge in [-0.05, 0) is 32.1 Å². The van der Waals surface area contributed by atoms with Gasteiger partial charge in [0.05, 0.1) is 5.41 Å². The molecule has 1 aliphatic carbocycles. The number of hydrogen-bond acceptors (Lipinski definition) is 3. The summed E-state index contributed by atoms with van der Waals surface area (Å²) in [6, 6.07) is 0. The second-order valence-electron chi connectivity index (χ2n) is 5.34. The summed E-state index contributed by atoms with van der Waals surface area (Å²) in [5.41, 5.74) is -0.197. The molecule has 0 heterocycles. The van der Waals surface area contributed by atoms with Crippen molar-refractivity contribution in [1.82, 2.24) is 5.32 Å². The molecule has 1 rings (SSSR count). The molecule has 0 saturated heterocycles. The van der Waals surface area contributed by atoms with Crippen LogP contribution in [-0.4, -0.2) is 37.2 Å². The van der Waals surface area contributed by atoms with Gasteiger partial charge in [-0.1, -0.05) is 12.8 Å². The number of unbranched alkanes of at least 4 members (excludes halogenated alkanes) is 2. The molecule has 0 aromatic carbocycles. The summed E-state index contributed by atoms with van der Waals surface area (Å²) in [5, 5.41) is 11.5. The fourth-order valence-corrected chi connectivity index (χ4v) is 2.46. The number of carboxylic acid groups (broad SMARTS) is 1. The van der Waals surface area contributed by atoms with E-state index in [1.807, 2.05) is 0 Å². The summed E-state index contributed by atoms with van der Waals surface area (Å²) in [4.78, 5) is 22.5. The molecule has 1 amide bonds. The van der Waals surface area contributed by atoms with E-state index in [1.54, 1.807) is 7.11 Å².